The van der Waals surface area contributed by atoms with E-state index in [-0.39, 0.29) is 24.0 Å². The van der Waals surface area contributed by atoms with E-state index >= 15 is 0 Å². The first-order valence-corrected chi connectivity index (χ1v) is 10.9. The minimum atomic E-state index is 0. The van der Waals surface area contributed by atoms with E-state index in [2.05, 4.69) is 17.6 Å². The molecule has 1 aliphatic heterocycles. The highest BCUT2D eigenvalue weighted by Crippen LogP contribution is 2.41. The monoisotopic (exact) mass is 511 g/mol. The molecule has 0 atom stereocenters. The lowest BCUT2D eigenvalue weighted by Gasteiger charge is -2.27. The van der Waals surface area contributed by atoms with Crippen molar-refractivity contribution in [2.24, 2.45) is 16.3 Å². The predicted octanol–water partition coefficient (Wildman–Crippen LogP) is 3.59. The van der Waals surface area contributed by atoms with E-state index in [1.807, 2.05) is 0 Å². The number of halogens is 1. The fraction of sp³-hybridized carbons (Fsp3) is 0.952. The Hall–Kier alpha value is -0.120. The van der Waals surface area contributed by atoms with Crippen molar-refractivity contribution in [2.75, 3.05) is 59.8 Å². The van der Waals surface area contributed by atoms with Gasteiger partial charge in [-0.05, 0) is 56.8 Å². The first-order chi connectivity index (χ1) is 13.3. The summed E-state index contributed by atoms with van der Waals surface area (Å²) in [6, 6.07) is 0. The molecule has 0 aromatic carbocycles. The Bertz CT molecular complexity index is 412. The Morgan fingerprint density at radius 1 is 1.14 bits per heavy atom. The second-order valence-electron chi connectivity index (χ2n) is 8.06. The van der Waals surface area contributed by atoms with Crippen molar-refractivity contribution in [3.8, 4) is 0 Å². The fourth-order valence-electron chi connectivity index (χ4n) is 4.06. The third-order valence-electron chi connectivity index (χ3n) is 5.87. The molecule has 0 spiro atoms. The maximum atomic E-state index is 5.85. The summed E-state index contributed by atoms with van der Waals surface area (Å²) in [4.78, 5) is 4.90. The zero-order valence-electron chi connectivity index (χ0n) is 18.0. The molecule has 0 aromatic rings. The average Bonchev–Trinajstić information content (AvgIpc) is 3.17. The third kappa shape index (κ3) is 10.1. The molecule has 7 heteroatoms. The second-order valence-corrected chi connectivity index (χ2v) is 8.06. The van der Waals surface area contributed by atoms with Crippen LogP contribution in [-0.4, -0.2) is 65.7 Å². The molecule has 0 amide bonds. The number of hydrogen-bond donors (Lipinski definition) is 2. The van der Waals surface area contributed by atoms with E-state index in [9.17, 15) is 0 Å². The molecule has 1 saturated heterocycles. The fourth-order valence-corrected chi connectivity index (χ4v) is 4.06. The van der Waals surface area contributed by atoms with Crippen molar-refractivity contribution in [3.63, 3.8) is 0 Å². The van der Waals surface area contributed by atoms with Crippen molar-refractivity contribution >= 4 is 29.9 Å². The standard InChI is InChI=1S/C21H41N3O3.HI/c1-3-22-20(24-18-21(11-16-25-2)9-4-5-10-21)23-12-6-13-27-17-19-7-14-26-15-8-19;/h19H,3-18H2,1-2H3,(H2,22,23,24);1H. The maximum absolute atomic E-state index is 5.85. The SMILES string of the molecule is CCNC(=NCC1(CCOC)CCCC1)NCCCOCC1CCOCC1.I. The molecule has 2 fully saturated rings. The molecule has 28 heavy (non-hydrogen) atoms. The van der Waals surface area contributed by atoms with Crippen LogP contribution in [0.3, 0.4) is 0 Å². The third-order valence-corrected chi connectivity index (χ3v) is 5.87. The van der Waals surface area contributed by atoms with E-state index in [4.69, 9.17) is 19.2 Å². The highest BCUT2D eigenvalue weighted by atomic mass is 127. The zero-order chi connectivity index (χ0) is 19.2. The van der Waals surface area contributed by atoms with Crippen LogP contribution in [0.25, 0.3) is 0 Å². The molecule has 2 rings (SSSR count). The summed E-state index contributed by atoms with van der Waals surface area (Å²) in [6.07, 6.45) is 9.61. The van der Waals surface area contributed by atoms with E-state index in [1.54, 1.807) is 7.11 Å². The molecule has 2 N–H and O–H groups in total. The van der Waals surface area contributed by atoms with Crippen LogP contribution >= 0.6 is 24.0 Å². The number of rotatable bonds is 12. The van der Waals surface area contributed by atoms with Crippen LogP contribution in [-0.2, 0) is 14.2 Å². The molecule has 1 saturated carbocycles. The van der Waals surface area contributed by atoms with Crippen LogP contribution in [0.2, 0.25) is 0 Å². The lowest BCUT2D eigenvalue weighted by Crippen LogP contribution is -2.39. The van der Waals surface area contributed by atoms with Gasteiger partial charge in [0.25, 0.3) is 0 Å². The summed E-state index contributed by atoms with van der Waals surface area (Å²) in [7, 11) is 1.79. The number of methoxy groups -OCH3 is 1. The normalized spacial score (nSPS) is 20.0. The Kier molecular flexibility index (Phi) is 14.5. The first kappa shape index (κ1) is 25.9. The summed E-state index contributed by atoms with van der Waals surface area (Å²) in [5, 5.41) is 6.84. The molecular weight excluding hydrogens is 469 g/mol. The van der Waals surface area contributed by atoms with Crippen LogP contribution in [0.1, 0.15) is 58.3 Å². The number of nitrogens with one attached hydrogen (secondary N) is 2. The summed E-state index contributed by atoms with van der Waals surface area (Å²) >= 11 is 0. The summed E-state index contributed by atoms with van der Waals surface area (Å²) in [6.45, 7) is 9.09. The van der Waals surface area contributed by atoms with Gasteiger partial charge in [-0.2, -0.15) is 0 Å². The van der Waals surface area contributed by atoms with Gasteiger partial charge in [0, 0.05) is 59.8 Å². The highest BCUT2D eigenvalue weighted by molar-refractivity contribution is 14.0. The predicted molar refractivity (Wildman–Crippen MR) is 126 cm³/mol. The number of guanidine groups is 1. The van der Waals surface area contributed by atoms with Gasteiger partial charge in [0.2, 0.25) is 0 Å². The molecule has 1 heterocycles. The van der Waals surface area contributed by atoms with Crippen molar-refractivity contribution in [2.45, 2.75) is 58.3 Å². The molecule has 0 radical (unpaired) electrons. The lowest BCUT2D eigenvalue weighted by atomic mass is 9.83. The van der Waals surface area contributed by atoms with Gasteiger partial charge < -0.3 is 24.8 Å². The van der Waals surface area contributed by atoms with E-state index in [1.165, 1.54) is 25.7 Å². The molecule has 2 aliphatic rings. The molecule has 0 bridgehead atoms. The lowest BCUT2D eigenvalue weighted by molar-refractivity contribution is 0.0203. The topological polar surface area (TPSA) is 64.1 Å². The molecule has 166 valence electrons. The zero-order valence-corrected chi connectivity index (χ0v) is 20.3. The first-order valence-electron chi connectivity index (χ1n) is 10.9. The average molecular weight is 511 g/mol. The number of hydrogen-bond acceptors (Lipinski definition) is 4. The molecule has 0 aromatic heterocycles. The van der Waals surface area contributed by atoms with Gasteiger partial charge >= 0.3 is 0 Å². The van der Waals surface area contributed by atoms with E-state index < -0.39 is 0 Å². The quantitative estimate of drug-likeness (QED) is 0.182. The second kappa shape index (κ2) is 15.7. The van der Waals surface area contributed by atoms with Gasteiger partial charge in [-0.25, -0.2) is 0 Å². The van der Waals surface area contributed by atoms with Gasteiger partial charge in [-0.3, -0.25) is 4.99 Å². The van der Waals surface area contributed by atoms with Crippen LogP contribution < -0.4 is 10.6 Å². The Labute approximate surface area is 189 Å². The van der Waals surface area contributed by atoms with Crippen LogP contribution in [0, 0.1) is 11.3 Å². The molecule has 1 aliphatic carbocycles. The largest absolute Gasteiger partial charge is 0.385 e. The minimum absolute atomic E-state index is 0. The summed E-state index contributed by atoms with van der Waals surface area (Å²) < 4.78 is 16.6. The van der Waals surface area contributed by atoms with Crippen molar-refractivity contribution in [3.05, 3.63) is 0 Å². The van der Waals surface area contributed by atoms with Gasteiger partial charge in [0.1, 0.15) is 0 Å². The minimum Gasteiger partial charge on any atom is -0.385 e. The molecule has 0 unspecified atom stereocenters. The maximum Gasteiger partial charge on any atom is 0.191 e. The Balaban J connectivity index is 0.00000392. The number of ether oxygens (including phenoxy) is 3. The Morgan fingerprint density at radius 3 is 2.57 bits per heavy atom. The highest BCUT2D eigenvalue weighted by Gasteiger charge is 2.33. The summed E-state index contributed by atoms with van der Waals surface area (Å²) in [5.74, 6) is 1.62. The van der Waals surface area contributed by atoms with Crippen LogP contribution in [0.5, 0.6) is 0 Å². The van der Waals surface area contributed by atoms with Gasteiger partial charge in [0.05, 0.1) is 0 Å². The molecule has 6 nitrogen and oxygen atoms in total. The molecular formula is C21H42IN3O3. The summed E-state index contributed by atoms with van der Waals surface area (Å²) in [5.41, 5.74) is 0.338. The van der Waals surface area contributed by atoms with Crippen molar-refractivity contribution in [1.29, 1.82) is 0 Å². The number of aliphatic imine (C=N–C) groups is 1. The van der Waals surface area contributed by atoms with E-state index in [0.29, 0.717) is 11.3 Å². The van der Waals surface area contributed by atoms with E-state index in [0.717, 1.165) is 84.3 Å². The smallest absolute Gasteiger partial charge is 0.191 e. The van der Waals surface area contributed by atoms with Gasteiger partial charge in [-0.1, -0.05) is 12.8 Å². The van der Waals surface area contributed by atoms with Crippen molar-refractivity contribution < 1.29 is 14.2 Å². The van der Waals surface area contributed by atoms with Gasteiger partial charge in [-0.15, -0.1) is 24.0 Å². The van der Waals surface area contributed by atoms with Gasteiger partial charge in [0.15, 0.2) is 5.96 Å². The van der Waals surface area contributed by atoms with Crippen LogP contribution in [0.4, 0.5) is 0 Å². The van der Waals surface area contributed by atoms with Crippen LogP contribution in [0.15, 0.2) is 4.99 Å². The van der Waals surface area contributed by atoms with Crippen molar-refractivity contribution in [1.82, 2.24) is 10.6 Å². The number of nitrogens with zero attached hydrogens (tertiary/aromatic N) is 1. The Morgan fingerprint density at radius 2 is 1.89 bits per heavy atom.